The zero-order valence-corrected chi connectivity index (χ0v) is 13.1. The number of aromatic nitrogens is 4. The van der Waals surface area contributed by atoms with Crippen molar-refractivity contribution < 1.29 is 14.3 Å². The predicted octanol–water partition coefficient (Wildman–Crippen LogP) is 2.90. The first-order valence-corrected chi connectivity index (χ1v) is 7.24. The minimum Gasteiger partial charge on any atom is -0.486 e. The first-order chi connectivity index (χ1) is 11.2. The molecule has 9 heteroatoms. The second-order valence-electron chi connectivity index (χ2n) is 4.39. The van der Waals surface area contributed by atoms with Crippen LogP contribution in [0.3, 0.4) is 0 Å². The van der Waals surface area contributed by atoms with Crippen LogP contribution in [0.4, 0.5) is 0 Å². The van der Waals surface area contributed by atoms with Gasteiger partial charge in [0.25, 0.3) is 5.89 Å². The molecule has 2 aromatic heterocycles. The Kier molecular flexibility index (Phi) is 4.71. The summed E-state index contributed by atoms with van der Waals surface area (Å²) in [6, 6.07) is 5.23. The Morgan fingerprint density at radius 2 is 1.78 bits per heavy atom. The summed E-state index contributed by atoms with van der Waals surface area (Å²) in [7, 11) is 0. The largest absolute Gasteiger partial charge is 0.486 e. The molecule has 0 radical (unpaired) electrons. The van der Waals surface area contributed by atoms with Gasteiger partial charge >= 0.3 is 0 Å². The third-order valence-electron chi connectivity index (χ3n) is 2.87. The molecule has 0 spiro atoms. The number of benzene rings is 1. The number of halogens is 2. The van der Waals surface area contributed by atoms with Crippen molar-refractivity contribution in [2.24, 2.45) is 0 Å². The van der Waals surface area contributed by atoms with Crippen LogP contribution in [0.15, 0.2) is 35.0 Å². The summed E-state index contributed by atoms with van der Waals surface area (Å²) in [4.78, 5) is 8.15. The van der Waals surface area contributed by atoms with E-state index in [2.05, 4.69) is 20.2 Å². The van der Waals surface area contributed by atoms with E-state index in [9.17, 15) is 0 Å². The van der Waals surface area contributed by atoms with Crippen LogP contribution in [0.1, 0.15) is 11.5 Å². The molecule has 0 amide bonds. The third-order valence-corrected chi connectivity index (χ3v) is 3.57. The van der Waals surface area contributed by atoms with Crippen LogP contribution in [0.2, 0.25) is 10.0 Å². The summed E-state index contributed by atoms with van der Waals surface area (Å²) in [6.07, 6.45) is 2.94. The Hall–Kier alpha value is -2.22. The maximum atomic E-state index is 8.89. The first kappa shape index (κ1) is 15.7. The number of rotatable bonds is 5. The monoisotopic (exact) mass is 352 g/mol. The molecule has 118 valence electrons. The highest BCUT2D eigenvalue weighted by atomic mass is 35.5. The van der Waals surface area contributed by atoms with E-state index in [1.54, 1.807) is 18.2 Å². The Bertz CT molecular complexity index is 788. The molecule has 2 heterocycles. The molecule has 0 saturated heterocycles. The molecule has 0 saturated carbocycles. The second-order valence-corrected chi connectivity index (χ2v) is 5.20. The zero-order valence-electron chi connectivity index (χ0n) is 11.6. The summed E-state index contributed by atoms with van der Waals surface area (Å²) >= 11 is 12.1. The van der Waals surface area contributed by atoms with E-state index in [-0.39, 0.29) is 30.8 Å². The van der Waals surface area contributed by atoms with Crippen molar-refractivity contribution in [3.63, 3.8) is 0 Å². The molecular formula is C14H10Cl2N4O3. The van der Waals surface area contributed by atoms with Crippen molar-refractivity contribution in [3.8, 4) is 17.5 Å². The number of ether oxygens (including phenoxy) is 1. The van der Waals surface area contributed by atoms with Gasteiger partial charge in [-0.1, -0.05) is 29.3 Å². The van der Waals surface area contributed by atoms with Crippen molar-refractivity contribution >= 4 is 23.2 Å². The molecule has 7 nitrogen and oxygen atoms in total. The van der Waals surface area contributed by atoms with Crippen molar-refractivity contribution in [2.75, 3.05) is 0 Å². The van der Waals surface area contributed by atoms with Crippen molar-refractivity contribution in [1.29, 1.82) is 0 Å². The highest BCUT2D eigenvalue weighted by molar-refractivity contribution is 6.35. The third kappa shape index (κ3) is 3.58. The quantitative estimate of drug-likeness (QED) is 0.754. The minimum absolute atomic E-state index is 0.0947. The summed E-state index contributed by atoms with van der Waals surface area (Å²) in [5, 5.41) is 17.3. The van der Waals surface area contributed by atoms with Gasteiger partial charge < -0.3 is 14.3 Å². The zero-order chi connectivity index (χ0) is 16.2. The van der Waals surface area contributed by atoms with Gasteiger partial charge in [0.1, 0.15) is 13.2 Å². The summed E-state index contributed by atoms with van der Waals surface area (Å²) in [5.74, 6) is 0.888. The number of hydrogen-bond acceptors (Lipinski definition) is 7. The molecule has 0 bridgehead atoms. The van der Waals surface area contributed by atoms with Crippen LogP contribution in [0.5, 0.6) is 5.75 Å². The van der Waals surface area contributed by atoms with E-state index in [1.807, 2.05) is 0 Å². The van der Waals surface area contributed by atoms with Gasteiger partial charge in [0.2, 0.25) is 11.7 Å². The van der Waals surface area contributed by atoms with Gasteiger partial charge in [0.05, 0.1) is 12.4 Å². The first-order valence-electron chi connectivity index (χ1n) is 6.48. The standard InChI is InChI=1S/C14H10Cl2N4O3/c15-10-2-1-3-11(16)9(10)7-22-8-4-17-13(18-5-8)14-20-19-12(6-21)23-14/h1-5,21H,6-7H2. The highest BCUT2D eigenvalue weighted by Gasteiger charge is 2.11. The van der Waals surface area contributed by atoms with E-state index in [1.165, 1.54) is 12.4 Å². The van der Waals surface area contributed by atoms with E-state index >= 15 is 0 Å². The molecule has 0 fully saturated rings. The Balaban J connectivity index is 1.70. The molecule has 0 unspecified atom stereocenters. The molecule has 3 aromatic rings. The Morgan fingerprint density at radius 3 is 2.39 bits per heavy atom. The molecule has 23 heavy (non-hydrogen) atoms. The van der Waals surface area contributed by atoms with Gasteiger partial charge in [0, 0.05) is 15.6 Å². The minimum atomic E-state index is -0.340. The number of hydrogen-bond donors (Lipinski definition) is 1. The SMILES string of the molecule is OCc1nnc(-c2ncc(OCc3c(Cl)cccc3Cl)cn2)o1. The lowest BCUT2D eigenvalue weighted by Crippen LogP contribution is -1.99. The fraction of sp³-hybridized carbons (Fsp3) is 0.143. The van der Waals surface area contributed by atoms with E-state index in [0.29, 0.717) is 21.4 Å². The van der Waals surface area contributed by atoms with E-state index in [4.69, 9.17) is 37.5 Å². The summed E-state index contributed by atoms with van der Waals surface area (Å²) < 4.78 is 10.7. The van der Waals surface area contributed by atoms with Crippen molar-refractivity contribution in [2.45, 2.75) is 13.2 Å². The lowest BCUT2D eigenvalue weighted by Gasteiger charge is -2.08. The number of aliphatic hydroxyl groups is 1. The smallest absolute Gasteiger partial charge is 0.285 e. The topological polar surface area (TPSA) is 94.2 Å². The van der Waals surface area contributed by atoms with E-state index < -0.39 is 0 Å². The maximum Gasteiger partial charge on any atom is 0.285 e. The number of aliphatic hydroxyl groups excluding tert-OH is 1. The molecule has 0 atom stereocenters. The lowest BCUT2D eigenvalue weighted by atomic mass is 10.2. The van der Waals surface area contributed by atoms with Crippen LogP contribution in [-0.4, -0.2) is 25.3 Å². The average Bonchev–Trinajstić information content (AvgIpc) is 3.04. The summed E-state index contributed by atoms with van der Waals surface area (Å²) in [6.45, 7) is -0.150. The maximum absolute atomic E-state index is 8.89. The van der Waals surface area contributed by atoms with Gasteiger partial charge in [-0.05, 0) is 12.1 Å². The molecular weight excluding hydrogens is 343 g/mol. The molecule has 1 aromatic carbocycles. The number of nitrogens with zero attached hydrogens (tertiary/aromatic N) is 4. The molecule has 0 aliphatic heterocycles. The Morgan fingerprint density at radius 1 is 1.09 bits per heavy atom. The predicted molar refractivity (Wildman–Crippen MR) is 82.0 cm³/mol. The fourth-order valence-electron chi connectivity index (χ4n) is 1.73. The summed E-state index contributed by atoms with van der Waals surface area (Å²) in [5.41, 5.74) is 0.685. The van der Waals surface area contributed by atoms with Gasteiger partial charge in [-0.2, -0.15) is 0 Å². The van der Waals surface area contributed by atoms with Gasteiger partial charge in [0.15, 0.2) is 5.75 Å². The van der Waals surface area contributed by atoms with Gasteiger partial charge in [-0.3, -0.25) is 0 Å². The van der Waals surface area contributed by atoms with Crippen LogP contribution in [-0.2, 0) is 13.2 Å². The van der Waals surface area contributed by atoms with Crippen LogP contribution in [0.25, 0.3) is 11.7 Å². The van der Waals surface area contributed by atoms with Gasteiger partial charge in [-0.25, -0.2) is 9.97 Å². The van der Waals surface area contributed by atoms with Crippen LogP contribution < -0.4 is 4.74 Å². The fourth-order valence-corrected chi connectivity index (χ4v) is 2.24. The lowest BCUT2D eigenvalue weighted by molar-refractivity contribution is 0.241. The average molecular weight is 353 g/mol. The highest BCUT2D eigenvalue weighted by Crippen LogP contribution is 2.25. The Labute approximate surface area is 140 Å². The van der Waals surface area contributed by atoms with Crippen molar-refractivity contribution in [3.05, 3.63) is 52.1 Å². The van der Waals surface area contributed by atoms with Crippen molar-refractivity contribution in [1.82, 2.24) is 20.2 Å². The molecule has 1 N–H and O–H groups in total. The second kappa shape index (κ2) is 6.91. The van der Waals surface area contributed by atoms with Crippen LogP contribution >= 0.6 is 23.2 Å². The van der Waals surface area contributed by atoms with Gasteiger partial charge in [-0.15, -0.1) is 10.2 Å². The molecule has 3 rings (SSSR count). The van der Waals surface area contributed by atoms with E-state index in [0.717, 1.165) is 0 Å². The van der Waals surface area contributed by atoms with Crippen LogP contribution in [0, 0.1) is 0 Å². The molecule has 0 aliphatic carbocycles. The molecule has 0 aliphatic rings. The normalized spacial score (nSPS) is 10.7.